The number of amides is 1. The smallest absolute Gasteiger partial charge is 0.337 e. The maximum atomic E-state index is 12.5. The predicted molar refractivity (Wildman–Crippen MR) is 92.5 cm³/mol. The number of nitrogens with one attached hydrogen (secondary N) is 1. The number of esters is 1. The van der Waals surface area contributed by atoms with Crippen molar-refractivity contribution < 1.29 is 14.3 Å². The number of rotatable bonds is 3. The van der Waals surface area contributed by atoms with Gasteiger partial charge in [0.25, 0.3) is 5.91 Å². The van der Waals surface area contributed by atoms with E-state index in [0.717, 1.165) is 24.0 Å². The normalized spacial score (nSPS) is 15.7. The van der Waals surface area contributed by atoms with E-state index >= 15 is 0 Å². The lowest BCUT2D eigenvalue weighted by Gasteiger charge is -2.16. The first kappa shape index (κ1) is 16.5. The van der Waals surface area contributed by atoms with Crippen molar-refractivity contribution >= 4 is 23.5 Å². The van der Waals surface area contributed by atoms with Gasteiger partial charge in [-0.15, -0.1) is 0 Å². The van der Waals surface area contributed by atoms with Crippen molar-refractivity contribution in [1.29, 1.82) is 0 Å². The van der Waals surface area contributed by atoms with E-state index in [1.165, 1.54) is 12.7 Å². The third-order valence-corrected chi connectivity index (χ3v) is 4.74. The summed E-state index contributed by atoms with van der Waals surface area (Å²) in [5, 5.41) is 3.45. The van der Waals surface area contributed by atoms with Crippen molar-refractivity contribution in [2.24, 2.45) is 0 Å². The molecule has 1 N–H and O–H groups in total. The van der Waals surface area contributed by atoms with Crippen molar-refractivity contribution in [2.75, 3.05) is 7.11 Å². The van der Waals surface area contributed by atoms with Gasteiger partial charge >= 0.3 is 5.97 Å². The number of aryl methyl sites for hydroxylation is 1. The van der Waals surface area contributed by atoms with Gasteiger partial charge in [0.05, 0.1) is 29.3 Å². The Morgan fingerprint density at radius 1 is 1.25 bits per heavy atom. The molecule has 0 saturated carbocycles. The zero-order valence-corrected chi connectivity index (χ0v) is 14.3. The van der Waals surface area contributed by atoms with Crippen LogP contribution in [0.1, 0.15) is 49.9 Å². The summed E-state index contributed by atoms with van der Waals surface area (Å²) in [6, 6.07) is 10.5. The molecule has 3 rings (SSSR count). The molecule has 0 bridgehead atoms. The maximum absolute atomic E-state index is 12.5. The topological polar surface area (TPSA) is 55.4 Å². The molecule has 0 spiro atoms. The first-order valence-corrected chi connectivity index (χ1v) is 8.16. The minimum Gasteiger partial charge on any atom is -0.465 e. The molecule has 1 aliphatic rings. The van der Waals surface area contributed by atoms with Crippen LogP contribution in [0.4, 0.5) is 0 Å². The number of fused-ring (bicyclic) bond motifs is 1. The maximum Gasteiger partial charge on any atom is 0.337 e. The molecule has 0 fully saturated rings. The van der Waals surface area contributed by atoms with E-state index in [1.54, 1.807) is 24.3 Å². The Morgan fingerprint density at radius 2 is 2.00 bits per heavy atom. The fraction of sp³-hybridized carbons (Fsp3) is 0.263. The van der Waals surface area contributed by atoms with Crippen LogP contribution in [0.5, 0.6) is 0 Å². The molecule has 0 unspecified atom stereocenters. The highest BCUT2D eigenvalue weighted by Gasteiger charge is 2.27. The molecule has 1 aliphatic carbocycles. The van der Waals surface area contributed by atoms with Crippen LogP contribution in [-0.4, -0.2) is 19.0 Å². The molecule has 0 aromatic heterocycles. The van der Waals surface area contributed by atoms with Crippen LogP contribution in [0.2, 0.25) is 5.02 Å². The first-order chi connectivity index (χ1) is 11.5. The summed E-state index contributed by atoms with van der Waals surface area (Å²) in [6.45, 7) is 1.98. The molecule has 2 aromatic rings. The third kappa shape index (κ3) is 3.02. The molecule has 5 heteroatoms. The zero-order valence-electron chi connectivity index (χ0n) is 13.6. The van der Waals surface area contributed by atoms with Crippen LogP contribution in [0.25, 0.3) is 0 Å². The summed E-state index contributed by atoms with van der Waals surface area (Å²) in [6.07, 6.45) is 1.67. The van der Waals surface area contributed by atoms with Crippen LogP contribution >= 0.6 is 11.6 Å². The Kier molecular flexibility index (Phi) is 4.58. The highest BCUT2D eigenvalue weighted by atomic mass is 35.5. The minimum absolute atomic E-state index is 0.132. The Hall–Kier alpha value is -2.33. The van der Waals surface area contributed by atoms with Crippen molar-refractivity contribution in [2.45, 2.75) is 25.8 Å². The number of benzene rings is 2. The number of hydrogen-bond acceptors (Lipinski definition) is 3. The molecule has 0 radical (unpaired) electrons. The largest absolute Gasteiger partial charge is 0.465 e. The average molecular weight is 344 g/mol. The molecule has 0 heterocycles. The summed E-state index contributed by atoms with van der Waals surface area (Å²) < 4.78 is 4.81. The molecule has 1 amide bonds. The van der Waals surface area contributed by atoms with Gasteiger partial charge < -0.3 is 10.1 Å². The summed E-state index contributed by atoms with van der Waals surface area (Å²) in [7, 11) is 1.36. The van der Waals surface area contributed by atoms with Gasteiger partial charge in [-0.1, -0.05) is 23.7 Å². The predicted octanol–water partition coefficient (Wildman–Crippen LogP) is 3.85. The molecule has 4 nitrogen and oxygen atoms in total. The molecule has 2 aromatic carbocycles. The highest BCUT2D eigenvalue weighted by molar-refractivity contribution is 6.33. The second-order valence-corrected chi connectivity index (χ2v) is 6.30. The highest BCUT2D eigenvalue weighted by Crippen LogP contribution is 2.35. The van der Waals surface area contributed by atoms with Gasteiger partial charge in [-0.2, -0.15) is 0 Å². The first-order valence-electron chi connectivity index (χ1n) is 7.78. The second-order valence-electron chi connectivity index (χ2n) is 5.90. The Balaban J connectivity index is 1.89. The van der Waals surface area contributed by atoms with Gasteiger partial charge in [0.1, 0.15) is 0 Å². The molecular weight excluding hydrogens is 326 g/mol. The number of hydrogen-bond donors (Lipinski definition) is 1. The molecule has 0 aliphatic heterocycles. The molecular formula is C19H18ClNO3. The quantitative estimate of drug-likeness (QED) is 0.861. The summed E-state index contributed by atoms with van der Waals surface area (Å²) in [4.78, 5) is 24.3. The van der Waals surface area contributed by atoms with Crippen molar-refractivity contribution in [3.8, 4) is 0 Å². The minimum atomic E-state index is -0.371. The van der Waals surface area contributed by atoms with Crippen LogP contribution in [0.15, 0.2) is 36.4 Å². The molecule has 24 heavy (non-hydrogen) atoms. The second kappa shape index (κ2) is 6.65. The van der Waals surface area contributed by atoms with Crippen molar-refractivity contribution in [3.05, 3.63) is 69.2 Å². The SMILES string of the molecule is COC(=O)c1cc(C)c2c(c1)[C@H](NC(=O)c1ccccc1Cl)CC2. The number of methoxy groups -OCH3 is 1. The molecule has 124 valence electrons. The fourth-order valence-corrected chi connectivity index (χ4v) is 3.43. The van der Waals surface area contributed by atoms with E-state index in [-0.39, 0.29) is 17.9 Å². The fourth-order valence-electron chi connectivity index (χ4n) is 3.21. The van der Waals surface area contributed by atoms with E-state index in [0.29, 0.717) is 16.1 Å². The Bertz CT molecular complexity index is 816. The van der Waals surface area contributed by atoms with Gasteiger partial charge in [-0.25, -0.2) is 4.79 Å². The van der Waals surface area contributed by atoms with Crippen LogP contribution in [0.3, 0.4) is 0 Å². The number of carbonyl (C=O) groups excluding carboxylic acids is 2. The Labute approximate surface area is 145 Å². The van der Waals surface area contributed by atoms with E-state index in [9.17, 15) is 9.59 Å². The van der Waals surface area contributed by atoms with E-state index in [1.807, 2.05) is 19.1 Å². The lowest BCUT2D eigenvalue weighted by molar-refractivity contribution is 0.0600. The Morgan fingerprint density at radius 3 is 2.71 bits per heavy atom. The van der Waals surface area contributed by atoms with Gasteiger partial charge in [0, 0.05) is 0 Å². The lowest BCUT2D eigenvalue weighted by atomic mass is 9.99. The van der Waals surface area contributed by atoms with Gasteiger partial charge in [0.15, 0.2) is 0 Å². The molecule has 0 saturated heterocycles. The standard InChI is InChI=1S/C19H18ClNO3/c1-11-9-12(19(23)24-2)10-15-13(11)7-8-17(15)21-18(22)14-5-3-4-6-16(14)20/h3-6,9-10,17H,7-8H2,1-2H3,(H,21,22)/t17-/m1/s1. The summed E-state index contributed by atoms with van der Waals surface area (Å²) >= 11 is 6.09. The van der Waals surface area contributed by atoms with Crippen molar-refractivity contribution in [1.82, 2.24) is 5.32 Å². The number of carbonyl (C=O) groups is 2. The van der Waals surface area contributed by atoms with E-state index in [2.05, 4.69) is 5.32 Å². The monoisotopic (exact) mass is 343 g/mol. The van der Waals surface area contributed by atoms with Crippen molar-refractivity contribution in [3.63, 3.8) is 0 Å². The summed E-state index contributed by atoms with van der Waals surface area (Å²) in [5.74, 6) is -0.580. The van der Waals surface area contributed by atoms with E-state index in [4.69, 9.17) is 16.3 Å². The van der Waals surface area contributed by atoms with Crippen LogP contribution in [0, 0.1) is 6.92 Å². The van der Waals surface area contributed by atoms with Crippen LogP contribution < -0.4 is 5.32 Å². The average Bonchev–Trinajstić information content (AvgIpc) is 2.98. The zero-order chi connectivity index (χ0) is 17.3. The van der Waals surface area contributed by atoms with Crippen LogP contribution in [-0.2, 0) is 11.2 Å². The van der Waals surface area contributed by atoms with Gasteiger partial charge in [-0.05, 0) is 60.7 Å². The van der Waals surface area contributed by atoms with E-state index < -0.39 is 0 Å². The third-order valence-electron chi connectivity index (χ3n) is 4.41. The van der Waals surface area contributed by atoms with Gasteiger partial charge in [0.2, 0.25) is 0 Å². The molecule has 1 atom stereocenters. The van der Waals surface area contributed by atoms with Gasteiger partial charge in [-0.3, -0.25) is 4.79 Å². The lowest BCUT2D eigenvalue weighted by Crippen LogP contribution is -2.27. The number of halogens is 1. The number of ether oxygens (including phenoxy) is 1. The summed E-state index contributed by atoms with van der Waals surface area (Å²) in [5.41, 5.74) is 4.17.